The molecule has 3 rings (SSSR count). The Balaban J connectivity index is 1.90. The summed E-state index contributed by atoms with van der Waals surface area (Å²) in [7, 11) is 0. The molecule has 0 bridgehead atoms. The van der Waals surface area contributed by atoms with Crippen LogP contribution in [0.1, 0.15) is 31.3 Å². The van der Waals surface area contributed by atoms with E-state index in [-0.39, 0.29) is 5.41 Å². The van der Waals surface area contributed by atoms with Crippen molar-refractivity contribution in [3.05, 3.63) is 46.5 Å². The van der Waals surface area contributed by atoms with Crippen LogP contribution in [-0.4, -0.2) is 27.9 Å². The second-order valence-electron chi connectivity index (χ2n) is 5.78. The third-order valence-electron chi connectivity index (χ3n) is 4.02. The van der Waals surface area contributed by atoms with Gasteiger partial charge in [-0.3, -0.25) is 0 Å². The molecule has 1 aliphatic rings. The van der Waals surface area contributed by atoms with Gasteiger partial charge in [0, 0.05) is 35.4 Å². The van der Waals surface area contributed by atoms with Crippen molar-refractivity contribution in [1.29, 1.82) is 0 Å². The molecule has 1 aromatic heterocycles. The summed E-state index contributed by atoms with van der Waals surface area (Å²) in [6.45, 7) is 6.28. The molecule has 1 N–H and O–H groups in total. The van der Waals surface area contributed by atoms with Gasteiger partial charge in [0.05, 0.1) is 0 Å². The highest BCUT2D eigenvalue weighted by Gasteiger charge is 2.40. The Labute approximate surface area is 127 Å². The van der Waals surface area contributed by atoms with Crippen molar-refractivity contribution in [3.8, 4) is 0 Å². The average Bonchev–Trinajstić information content (AvgIpc) is 2.83. The van der Waals surface area contributed by atoms with Crippen LogP contribution in [0.3, 0.4) is 0 Å². The molecular formula is C15H19BrN4. The third kappa shape index (κ3) is 2.40. The molecule has 1 aliphatic heterocycles. The standard InChI is InChI=1S/C15H19BrN4/c1-11(2)20-14(18-10-19-20)7-15(8-17-9-15)12-3-5-13(16)6-4-12/h3-6,10-11,17H,7-9H2,1-2H3. The molecule has 2 aromatic rings. The maximum atomic E-state index is 4.46. The number of hydrogen-bond acceptors (Lipinski definition) is 3. The molecule has 1 saturated heterocycles. The number of nitrogens with one attached hydrogen (secondary N) is 1. The number of nitrogens with zero attached hydrogens (tertiary/aromatic N) is 3. The molecule has 0 spiro atoms. The molecule has 106 valence electrons. The Morgan fingerprint density at radius 3 is 2.55 bits per heavy atom. The van der Waals surface area contributed by atoms with Gasteiger partial charge in [0.1, 0.15) is 12.2 Å². The molecule has 1 fully saturated rings. The molecule has 0 atom stereocenters. The monoisotopic (exact) mass is 334 g/mol. The maximum Gasteiger partial charge on any atom is 0.138 e. The van der Waals surface area contributed by atoms with E-state index in [4.69, 9.17) is 0 Å². The van der Waals surface area contributed by atoms with E-state index in [1.165, 1.54) is 5.56 Å². The minimum absolute atomic E-state index is 0.153. The molecule has 0 radical (unpaired) electrons. The molecule has 1 aromatic carbocycles. The topological polar surface area (TPSA) is 42.7 Å². The molecule has 0 unspecified atom stereocenters. The second-order valence-corrected chi connectivity index (χ2v) is 6.70. The molecule has 20 heavy (non-hydrogen) atoms. The van der Waals surface area contributed by atoms with Gasteiger partial charge in [0.25, 0.3) is 0 Å². The van der Waals surface area contributed by atoms with Crippen molar-refractivity contribution in [2.45, 2.75) is 31.7 Å². The summed E-state index contributed by atoms with van der Waals surface area (Å²) in [6.07, 6.45) is 2.59. The molecule has 0 aliphatic carbocycles. The van der Waals surface area contributed by atoms with Crippen LogP contribution in [0.25, 0.3) is 0 Å². The molecule has 5 heteroatoms. The fourth-order valence-corrected chi connectivity index (χ4v) is 3.06. The first-order valence-electron chi connectivity index (χ1n) is 6.96. The van der Waals surface area contributed by atoms with Gasteiger partial charge in [-0.05, 0) is 31.5 Å². The molecule has 2 heterocycles. The highest BCUT2D eigenvalue weighted by atomic mass is 79.9. The summed E-state index contributed by atoms with van der Waals surface area (Å²) in [6, 6.07) is 9.00. The fourth-order valence-electron chi connectivity index (χ4n) is 2.80. The van der Waals surface area contributed by atoms with Crippen molar-refractivity contribution in [2.24, 2.45) is 0 Å². The first-order valence-corrected chi connectivity index (χ1v) is 7.75. The van der Waals surface area contributed by atoms with Crippen LogP contribution in [0.5, 0.6) is 0 Å². The number of aromatic nitrogens is 3. The van der Waals surface area contributed by atoms with Crippen molar-refractivity contribution in [1.82, 2.24) is 20.1 Å². The Morgan fingerprint density at radius 1 is 1.30 bits per heavy atom. The zero-order chi connectivity index (χ0) is 14.2. The first-order chi connectivity index (χ1) is 9.61. The Kier molecular flexibility index (Phi) is 3.65. The quantitative estimate of drug-likeness (QED) is 0.934. The van der Waals surface area contributed by atoms with Gasteiger partial charge in [-0.25, -0.2) is 9.67 Å². The molecular weight excluding hydrogens is 316 g/mol. The smallest absolute Gasteiger partial charge is 0.138 e. The van der Waals surface area contributed by atoms with Gasteiger partial charge >= 0.3 is 0 Å². The molecule has 0 amide bonds. The van der Waals surface area contributed by atoms with E-state index >= 15 is 0 Å². The van der Waals surface area contributed by atoms with E-state index in [1.54, 1.807) is 6.33 Å². The van der Waals surface area contributed by atoms with Gasteiger partial charge < -0.3 is 5.32 Å². The third-order valence-corrected chi connectivity index (χ3v) is 4.54. The van der Waals surface area contributed by atoms with Crippen LogP contribution in [0.4, 0.5) is 0 Å². The van der Waals surface area contributed by atoms with Crippen LogP contribution in [0, 0.1) is 0 Å². The van der Waals surface area contributed by atoms with Crippen molar-refractivity contribution in [2.75, 3.05) is 13.1 Å². The Hall–Kier alpha value is -1.20. The lowest BCUT2D eigenvalue weighted by Gasteiger charge is -2.43. The summed E-state index contributed by atoms with van der Waals surface area (Å²) in [5.74, 6) is 1.07. The van der Waals surface area contributed by atoms with Crippen molar-refractivity contribution >= 4 is 15.9 Å². The molecule has 0 saturated carbocycles. The van der Waals surface area contributed by atoms with E-state index in [2.05, 4.69) is 69.4 Å². The predicted octanol–water partition coefficient (Wildman–Crippen LogP) is 2.71. The lowest BCUT2D eigenvalue weighted by Crippen LogP contribution is -2.58. The summed E-state index contributed by atoms with van der Waals surface area (Å²) >= 11 is 3.50. The number of halogens is 1. The fraction of sp³-hybridized carbons (Fsp3) is 0.467. The van der Waals surface area contributed by atoms with E-state index in [0.29, 0.717) is 6.04 Å². The van der Waals surface area contributed by atoms with Crippen LogP contribution < -0.4 is 5.32 Å². The minimum atomic E-state index is 0.153. The summed E-state index contributed by atoms with van der Waals surface area (Å²) in [4.78, 5) is 4.46. The second kappa shape index (κ2) is 5.30. The number of hydrogen-bond donors (Lipinski definition) is 1. The summed E-state index contributed by atoms with van der Waals surface area (Å²) < 4.78 is 3.15. The SMILES string of the molecule is CC(C)n1ncnc1CC1(c2ccc(Br)cc2)CNC1. The predicted molar refractivity (Wildman–Crippen MR) is 82.8 cm³/mol. The maximum absolute atomic E-state index is 4.46. The largest absolute Gasteiger partial charge is 0.315 e. The van der Waals surface area contributed by atoms with Gasteiger partial charge in [-0.15, -0.1) is 0 Å². The average molecular weight is 335 g/mol. The van der Waals surface area contributed by atoms with E-state index < -0.39 is 0 Å². The van der Waals surface area contributed by atoms with Crippen LogP contribution in [-0.2, 0) is 11.8 Å². The van der Waals surface area contributed by atoms with Gasteiger partial charge in [0.2, 0.25) is 0 Å². The zero-order valence-corrected chi connectivity index (χ0v) is 13.4. The highest BCUT2D eigenvalue weighted by Crippen LogP contribution is 2.33. The Bertz CT molecular complexity index is 584. The van der Waals surface area contributed by atoms with Crippen LogP contribution in [0.15, 0.2) is 35.1 Å². The molecule has 4 nitrogen and oxygen atoms in total. The zero-order valence-electron chi connectivity index (χ0n) is 11.8. The lowest BCUT2D eigenvalue weighted by atomic mass is 9.72. The van der Waals surface area contributed by atoms with Crippen LogP contribution in [0.2, 0.25) is 0 Å². The Morgan fingerprint density at radius 2 is 2.00 bits per heavy atom. The van der Waals surface area contributed by atoms with E-state index in [9.17, 15) is 0 Å². The van der Waals surface area contributed by atoms with Crippen LogP contribution >= 0.6 is 15.9 Å². The highest BCUT2D eigenvalue weighted by molar-refractivity contribution is 9.10. The van der Waals surface area contributed by atoms with Gasteiger partial charge in [0.15, 0.2) is 0 Å². The minimum Gasteiger partial charge on any atom is -0.315 e. The lowest BCUT2D eigenvalue weighted by molar-refractivity contribution is 0.264. The number of benzene rings is 1. The summed E-state index contributed by atoms with van der Waals surface area (Å²) in [5, 5.41) is 7.75. The summed E-state index contributed by atoms with van der Waals surface area (Å²) in [5.41, 5.74) is 1.53. The normalized spacial score (nSPS) is 17.2. The number of rotatable bonds is 4. The van der Waals surface area contributed by atoms with Crippen molar-refractivity contribution in [3.63, 3.8) is 0 Å². The van der Waals surface area contributed by atoms with E-state index in [1.807, 2.05) is 4.68 Å². The van der Waals surface area contributed by atoms with Crippen molar-refractivity contribution < 1.29 is 0 Å². The first kappa shape index (κ1) is 13.8. The van der Waals surface area contributed by atoms with Gasteiger partial charge in [-0.1, -0.05) is 28.1 Å². The van der Waals surface area contributed by atoms with Gasteiger partial charge in [-0.2, -0.15) is 5.10 Å². The van der Waals surface area contributed by atoms with E-state index in [0.717, 1.165) is 29.8 Å².